The predicted octanol–water partition coefficient (Wildman–Crippen LogP) is 1.03. The molecule has 16 heavy (non-hydrogen) atoms. The summed E-state index contributed by atoms with van der Waals surface area (Å²) in [6.07, 6.45) is 0.203. The van der Waals surface area contributed by atoms with Gasteiger partial charge < -0.3 is 14.2 Å². The quantitative estimate of drug-likeness (QED) is 0.522. The first-order valence-electron chi connectivity index (χ1n) is 4.94. The Morgan fingerprint density at radius 1 is 1.19 bits per heavy atom. The molecule has 0 spiro atoms. The molecule has 1 saturated heterocycles. The molecular weight excluding hydrogens is 212 g/mol. The molecule has 0 aromatic rings. The van der Waals surface area contributed by atoms with E-state index in [1.807, 2.05) is 13.8 Å². The Bertz CT molecular complexity index is 322. The van der Waals surface area contributed by atoms with Crippen molar-refractivity contribution in [3.63, 3.8) is 0 Å². The summed E-state index contributed by atoms with van der Waals surface area (Å²) >= 11 is 0. The van der Waals surface area contributed by atoms with E-state index in [0.717, 1.165) is 5.57 Å². The van der Waals surface area contributed by atoms with Crippen molar-refractivity contribution >= 4 is 11.9 Å². The van der Waals surface area contributed by atoms with E-state index < -0.39 is 17.4 Å². The molecule has 0 N–H and O–H groups in total. The monoisotopic (exact) mass is 228 g/mol. The van der Waals surface area contributed by atoms with Crippen molar-refractivity contribution in [1.82, 2.24) is 0 Å². The fraction of sp³-hybridized carbons (Fsp3) is 0.636. The number of hydrogen-bond donors (Lipinski definition) is 0. The van der Waals surface area contributed by atoms with E-state index >= 15 is 0 Å². The summed E-state index contributed by atoms with van der Waals surface area (Å²) in [6, 6.07) is 0. The van der Waals surface area contributed by atoms with Gasteiger partial charge in [-0.25, -0.2) is 0 Å². The highest BCUT2D eigenvalue weighted by Crippen LogP contribution is 2.38. The van der Waals surface area contributed by atoms with E-state index in [2.05, 4.69) is 9.47 Å². The third-order valence-corrected chi connectivity index (χ3v) is 2.67. The maximum atomic E-state index is 11.7. The molecule has 5 heteroatoms. The number of esters is 2. The van der Waals surface area contributed by atoms with Crippen molar-refractivity contribution < 1.29 is 23.8 Å². The Balaban J connectivity index is 3.06. The zero-order valence-corrected chi connectivity index (χ0v) is 9.96. The van der Waals surface area contributed by atoms with Gasteiger partial charge in [0.1, 0.15) is 6.61 Å². The molecule has 90 valence electrons. The molecule has 0 atom stereocenters. The average molecular weight is 228 g/mol. The van der Waals surface area contributed by atoms with E-state index in [1.165, 1.54) is 14.2 Å². The fourth-order valence-corrected chi connectivity index (χ4v) is 1.64. The highest BCUT2D eigenvalue weighted by molar-refractivity contribution is 6.01. The second-order valence-electron chi connectivity index (χ2n) is 3.95. The minimum atomic E-state index is -1.34. The first kappa shape index (κ1) is 12.5. The highest BCUT2D eigenvalue weighted by Gasteiger charge is 2.54. The van der Waals surface area contributed by atoms with Crippen LogP contribution in [0.4, 0.5) is 0 Å². The van der Waals surface area contributed by atoms with Crippen LogP contribution >= 0.6 is 0 Å². The third-order valence-electron chi connectivity index (χ3n) is 2.67. The molecule has 0 saturated carbocycles. The summed E-state index contributed by atoms with van der Waals surface area (Å²) < 4.78 is 14.6. The lowest BCUT2D eigenvalue weighted by Gasteiger charge is -2.19. The molecule has 0 unspecified atom stereocenters. The number of allylic oxidation sites excluding steroid dienone is 2. The van der Waals surface area contributed by atoms with Crippen LogP contribution in [0.5, 0.6) is 0 Å². The van der Waals surface area contributed by atoms with E-state index in [9.17, 15) is 9.59 Å². The lowest BCUT2D eigenvalue weighted by molar-refractivity contribution is -0.168. The van der Waals surface area contributed by atoms with Crippen molar-refractivity contribution in [3.05, 3.63) is 11.3 Å². The lowest BCUT2D eigenvalue weighted by atomic mass is 9.86. The van der Waals surface area contributed by atoms with Gasteiger partial charge in [0.05, 0.1) is 20.0 Å². The largest absolute Gasteiger partial charge is 0.496 e. The van der Waals surface area contributed by atoms with Crippen molar-refractivity contribution in [2.24, 2.45) is 5.41 Å². The molecule has 1 rings (SSSR count). The Morgan fingerprint density at radius 2 is 1.69 bits per heavy atom. The summed E-state index contributed by atoms with van der Waals surface area (Å²) in [4.78, 5) is 23.4. The van der Waals surface area contributed by atoms with Crippen LogP contribution in [0.1, 0.15) is 20.3 Å². The van der Waals surface area contributed by atoms with E-state index in [4.69, 9.17) is 4.74 Å². The molecule has 1 fully saturated rings. The van der Waals surface area contributed by atoms with Crippen LogP contribution < -0.4 is 0 Å². The average Bonchev–Trinajstić information content (AvgIpc) is 2.73. The van der Waals surface area contributed by atoms with E-state index in [-0.39, 0.29) is 13.0 Å². The molecule has 1 aliphatic rings. The normalized spacial score (nSPS) is 17.6. The van der Waals surface area contributed by atoms with Gasteiger partial charge in [0.25, 0.3) is 0 Å². The maximum absolute atomic E-state index is 11.7. The number of carbonyl (C=O) groups is 2. The van der Waals surface area contributed by atoms with Crippen molar-refractivity contribution in [2.75, 3.05) is 20.8 Å². The molecule has 0 radical (unpaired) electrons. The summed E-state index contributed by atoms with van der Waals surface area (Å²) in [5.74, 6) is -0.581. The highest BCUT2D eigenvalue weighted by atomic mass is 16.6. The van der Waals surface area contributed by atoms with Gasteiger partial charge in [-0.1, -0.05) is 0 Å². The van der Waals surface area contributed by atoms with Gasteiger partial charge in [-0.15, -0.1) is 0 Å². The SMILES string of the molecule is COC(=O)C1(C(=O)OC)COC(=C(C)C)C1. The predicted molar refractivity (Wildman–Crippen MR) is 55.4 cm³/mol. The van der Waals surface area contributed by atoms with Gasteiger partial charge in [0.15, 0.2) is 0 Å². The van der Waals surface area contributed by atoms with Gasteiger partial charge in [-0.05, 0) is 19.4 Å². The second-order valence-corrected chi connectivity index (χ2v) is 3.95. The molecule has 0 aromatic carbocycles. The molecule has 5 nitrogen and oxygen atoms in total. The van der Waals surface area contributed by atoms with Crippen molar-refractivity contribution in [1.29, 1.82) is 0 Å². The van der Waals surface area contributed by atoms with Crippen molar-refractivity contribution in [3.8, 4) is 0 Å². The topological polar surface area (TPSA) is 61.8 Å². The Morgan fingerprint density at radius 3 is 2.00 bits per heavy atom. The van der Waals surface area contributed by atoms with Gasteiger partial charge in [-0.3, -0.25) is 9.59 Å². The minimum Gasteiger partial charge on any atom is -0.496 e. The minimum absolute atomic E-state index is 0.0210. The van der Waals surface area contributed by atoms with Crippen LogP contribution in [0.2, 0.25) is 0 Å². The summed E-state index contributed by atoms with van der Waals surface area (Å²) in [5.41, 5.74) is -0.398. The maximum Gasteiger partial charge on any atom is 0.327 e. The first-order valence-corrected chi connectivity index (χ1v) is 4.94. The van der Waals surface area contributed by atoms with Crippen LogP contribution in [0.3, 0.4) is 0 Å². The Kier molecular flexibility index (Phi) is 3.57. The van der Waals surface area contributed by atoms with Gasteiger partial charge >= 0.3 is 11.9 Å². The molecule has 0 amide bonds. The summed E-state index contributed by atoms with van der Waals surface area (Å²) in [7, 11) is 2.49. The fourth-order valence-electron chi connectivity index (χ4n) is 1.64. The number of hydrogen-bond acceptors (Lipinski definition) is 5. The molecular formula is C11H16O5. The number of methoxy groups -OCH3 is 2. The zero-order chi connectivity index (χ0) is 12.3. The second kappa shape index (κ2) is 4.55. The van der Waals surface area contributed by atoms with Crippen LogP contribution in [-0.2, 0) is 23.8 Å². The standard InChI is InChI=1S/C11H16O5/c1-7(2)8-5-11(6-16-8,9(12)14-3)10(13)15-4/h5-6H2,1-4H3. The van der Waals surface area contributed by atoms with Gasteiger partial charge in [-0.2, -0.15) is 0 Å². The van der Waals surface area contributed by atoms with Crippen LogP contribution in [0, 0.1) is 5.41 Å². The molecule has 1 aliphatic heterocycles. The lowest BCUT2D eigenvalue weighted by Crippen LogP contribution is -2.41. The van der Waals surface area contributed by atoms with Crippen LogP contribution in [0.25, 0.3) is 0 Å². The van der Waals surface area contributed by atoms with Gasteiger partial charge in [0, 0.05) is 6.42 Å². The van der Waals surface area contributed by atoms with Crippen LogP contribution in [0.15, 0.2) is 11.3 Å². The zero-order valence-electron chi connectivity index (χ0n) is 9.96. The third kappa shape index (κ3) is 1.89. The summed E-state index contributed by atoms with van der Waals surface area (Å²) in [6.45, 7) is 3.70. The smallest absolute Gasteiger partial charge is 0.327 e. The molecule has 1 heterocycles. The summed E-state index contributed by atoms with van der Waals surface area (Å²) in [5, 5.41) is 0. The number of rotatable bonds is 2. The molecule has 0 aromatic heterocycles. The van der Waals surface area contributed by atoms with E-state index in [0.29, 0.717) is 5.76 Å². The first-order chi connectivity index (χ1) is 7.47. The molecule has 0 bridgehead atoms. The van der Waals surface area contributed by atoms with E-state index in [1.54, 1.807) is 0 Å². The Labute approximate surface area is 94.4 Å². The van der Waals surface area contributed by atoms with Gasteiger partial charge in [0.2, 0.25) is 5.41 Å². The number of carbonyl (C=O) groups excluding carboxylic acids is 2. The van der Waals surface area contributed by atoms with Crippen LogP contribution in [-0.4, -0.2) is 32.8 Å². The molecule has 0 aliphatic carbocycles. The van der Waals surface area contributed by atoms with Crippen molar-refractivity contribution in [2.45, 2.75) is 20.3 Å². The Hall–Kier alpha value is -1.52. The number of ether oxygens (including phenoxy) is 3.